The second-order valence-corrected chi connectivity index (χ2v) is 11.3. The molecule has 1 aromatic heterocycles. The normalized spacial score (nSPS) is 26.6. The molecule has 6 nitrogen and oxygen atoms in total. The van der Waals surface area contributed by atoms with E-state index in [-0.39, 0.29) is 42.4 Å². The molecule has 3 rings (SSSR count). The Labute approximate surface area is 216 Å². The molecular weight excluding hydrogens is 486 g/mol. The van der Waals surface area contributed by atoms with Crippen LogP contribution in [0.1, 0.15) is 62.7 Å². The molecule has 2 fully saturated rings. The molecular formula is C27H36ClNO5S. The molecule has 2 aliphatic rings. The average Bonchev–Trinajstić information content (AvgIpc) is 3.37. The van der Waals surface area contributed by atoms with Crippen LogP contribution in [0.5, 0.6) is 0 Å². The van der Waals surface area contributed by atoms with Gasteiger partial charge in [-0.2, -0.15) is 5.26 Å². The van der Waals surface area contributed by atoms with Crippen molar-refractivity contribution in [1.82, 2.24) is 0 Å². The van der Waals surface area contributed by atoms with Gasteiger partial charge in [0.05, 0.1) is 35.1 Å². The van der Waals surface area contributed by atoms with E-state index in [2.05, 4.69) is 6.07 Å². The van der Waals surface area contributed by atoms with Crippen LogP contribution in [0.25, 0.3) is 0 Å². The fourth-order valence-electron chi connectivity index (χ4n) is 5.33. The number of nitrogens with zero attached hydrogens (tertiary/aromatic N) is 1. The highest BCUT2D eigenvalue weighted by atomic mass is 35.5. The van der Waals surface area contributed by atoms with Crippen LogP contribution in [0.4, 0.5) is 0 Å². The minimum atomic E-state index is -0.568. The van der Waals surface area contributed by atoms with Crippen LogP contribution in [-0.4, -0.2) is 46.7 Å². The number of carbonyl (C=O) groups excluding carboxylic acids is 1. The van der Waals surface area contributed by atoms with Gasteiger partial charge in [-0.25, -0.2) is 0 Å². The summed E-state index contributed by atoms with van der Waals surface area (Å²) in [7, 11) is 0. The third kappa shape index (κ3) is 7.18. The van der Waals surface area contributed by atoms with Crippen molar-refractivity contribution in [2.45, 2.75) is 75.4 Å². The zero-order chi connectivity index (χ0) is 25.3. The van der Waals surface area contributed by atoms with E-state index in [0.29, 0.717) is 32.1 Å². The molecule has 1 aromatic rings. The van der Waals surface area contributed by atoms with E-state index in [1.807, 2.05) is 36.4 Å². The van der Waals surface area contributed by atoms with Crippen LogP contribution < -0.4 is 0 Å². The number of ether oxygens (including phenoxy) is 1. The molecule has 3 N–H and O–H groups in total. The molecule has 0 aliphatic heterocycles. The van der Waals surface area contributed by atoms with E-state index >= 15 is 0 Å². The van der Waals surface area contributed by atoms with Crippen LogP contribution in [0.2, 0.25) is 4.34 Å². The molecule has 1 unspecified atom stereocenters. The maximum Gasteiger partial charge on any atom is 0.305 e. The van der Waals surface area contributed by atoms with Gasteiger partial charge in [-0.15, -0.1) is 11.3 Å². The molecule has 1 heterocycles. The van der Waals surface area contributed by atoms with Crippen LogP contribution in [-0.2, 0) is 14.9 Å². The number of rotatable bonds is 13. The van der Waals surface area contributed by atoms with Gasteiger partial charge in [0.2, 0.25) is 0 Å². The van der Waals surface area contributed by atoms with Gasteiger partial charge in [0.15, 0.2) is 0 Å². The Morgan fingerprint density at radius 2 is 2.14 bits per heavy atom. The minimum absolute atomic E-state index is 0.0166. The maximum absolute atomic E-state index is 11.5. The third-order valence-corrected chi connectivity index (χ3v) is 8.91. The number of thiophene rings is 1. The molecule has 35 heavy (non-hydrogen) atoms. The lowest BCUT2D eigenvalue weighted by molar-refractivity contribution is -0.144. The average molecular weight is 522 g/mol. The van der Waals surface area contributed by atoms with Crippen LogP contribution in [0.15, 0.2) is 36.4 Å². The van der Waals surface area contributed by atoms with Gasteiger partial charge >= 0.3 is 5.97 Å². The number of unbranched alkanes of at least 4 members (excludes halogenated alkanes) is 1. The molecule has 5 atom stereocenters. The number of nitriles is 1. The standard InChI is InChI=1S/C27H36ClNO5S/c28-25-12-11-24(35-25)27(13-6-14-27)23(32)9-5-8-21-20(19(18-29)17-22(21)31)7-3-1-2-4-10-26(33)34-16-15-30/h1,3,5,8,11-12,19-23,30-32H,2,4,6-7,9-10,13-17H2/b3-1-,8-5+/t19-,20-,21+,22+,23?/m0/s1. The SMILES string of the molecule is N#C[C@@H]1C[C@@H](O)[C@H](/C=C/CC(O)C2(c3ccc(Cl)s3)CCC2)[C@H]1C/C=C\CCCC(=O)OCCO. The number of allylic oxidation sites excluding steroid dienone is 2. The van der Waals surface area contributed by atoms with E-state index in [4.69, 9.17) is 21.4 Å². The Kier molecular flexibility index (Phi) is 10.8. The summed E-state index contributed by atoms with van der Waals surface area (Å²) in [5.41, 5.74) is -0.224. The summed E-state index contributed by atoms with van der Waals surface area (Å²) in [5.74, 6) is -0.635. The van der Waals surface area contributed by atoms with Gasteiger partial charge in [-0.3, -0.25) is 4.79 Å². The summed E-state index contributed by atoms with van der Waals surface area (Å²) in [4.78, 5) is 12.6. The van der Waals surface area contributed by atoms with Crippen LogP contribution in [0.3, 0.4) is 0 Å². The van der Waals surface area contributed by atoms with Crippen molar-refractivity contribution in [3.05, 3.63) is 45.7 Å². The number of aliphatic hydroxyl groups excluding tert-OH is 3. The number of hydrogen-bond acceptors (Lipinski definition) is 7. The van der Waals surface area contributed by atoms with Gasteiger partial charge in [0.25, 0.3) is 0 Å². The maximum atomic E-state index is 11.5. The number of hydrogen-bond donors (Lipinski definition) is 3. The second kappa shape index (κ2) is 13.6. The highest BCUT2D eigenvalue weighted by molar-refractivity contribution is 7.16. The lowest BCUT2D eigenvalue weighted by atomic mass is 9.63. The smallest absolute Gasteiger partial charge is 0.305 e. The zero-order valence-corrected chi connectivity index (χ0v) is 21.6. The monoisotopic (exact) mass is 521 g/mol. The zero-order valence-electron chi connectivity index (χ0n) is 20.0. The summed E-state index contributed by atoms with van der Waals surface area (Å²) in [6.07, 6.45) is 13.3. The highest BCUT2D eigenvalue weighted by Gasteiger charge is 2.45. The van der Waals surface area contributed by atoms with Gasteiger partial charge in [-0.1, -0.05) is 42.3 Å². The Morgan fingerprint density at radius 3 is 2.77 bits per heavy atom. The van der Waals surface area contributed by atoms with Crippen molar-refractivity contribution in [2.75, 3.05) is 13.2 Å². The predicted molar refractivity (Wildman–Crippen MR) is 137 cm³/mol. The molecule has 0 saturated heterocycles. The Morgan fingerprint density at radius 1 is 1.34 bits per heavy atom. The molecule has 0 bridgehead atoms. The molecule has 2 aliphatic carbocycles. The van der Waals surface area contributed by atoms with Crippen molar-refractivity contribution in [3.8, 4) is 6.07 Å². The van der Waals surface area contributed by atoms with Crippen molar-refractivity contribution < 1.29 is 24.9 Å². The molecule has 0 aromatic carbocycles. The van der Waals surface area contributed by atoms with E-state index in [1.165, 1.54) is 0 Å². The van der Waals surface area contributed by atoms with Crippen molar-refractivity contribution in [2.24, 2.45) is 17.8 Å². The number of aliphatic hydroxyl groups is 3. The van der Waals surface area contributed by atoms with E-state index in [1.54, 1.807) is 11.3 Å². The minimum Gasteiger partial charge on any atom is -0.463 e. The summed E-state index contributed by atoms with van der Waals surface area (Å²) in [6, 6.07) is 6.27. The van der Waals surface area contributed by atoms with Gasteiger partial charge in [-0.05, 0) is 63.0 Å². The quantitative estimate of drug-likeness (QED) is 0.193. The molecule has 192 valence electrons. The van der Waals surface area contributed by atoms with Gasteiger partial charge in [0, 0.05) is 22.6 Å². The predicted octanol–water partition coefficient (Wildman–Crippen LogP) is 4.92. The second-order valence-electron chi connectivity index (χ2n) is 9.62. The number of esters is 1. The Bertz CT molecular complexity index is 919. The first-order chi connectivity index (χ1) is 16.9. The molecule has 0 radical (unpaired) electrons. The molecule has 0 spiro atoms. The van der Waals surface area contributed by atoms with E-state index in [0.717, 1.165) is 34.9 Å². The van der Waals surface area contributed by atoms with E-state index < -0.39 is 12.2 Å². The topological polar surface area (TPSA) is 111 Å². The summed E-state index contributed by atoms with van der Waals surface area (Å²) >= 11 is 7.68. The summed E-state index contributed by atoms with van der Waals surface area (Å²) < 4.78 is 5.58. The first kappa shape index (κ1) is 27.9. The molecule has 8 heteroatoms. The molecule has 0 amide bonds. The molecule has 2 saturated carbocycles. The third-order valence-electron chi connectivity index (χ3n) is 7.46. The van der Waals surface area contributed by atoms with E-state index in [9.17, 15) is 20.3 Å². The lowest BCUT2D eigenvalue weighted by Gasteiger charge is -2.44. The lowest BCUT2D eigenvalue weighted by Crippen LogP contribution is -2.44. The van der Waals surface area contributed by atoms with Crippen molar-refractivity contribution >= 4 is 28.9 Å². The Hall–Kier alpha value is -1.69. The summed E-state index contributed by atoms with van der Waals surface area (Å²) in [6.45, 7) is -0.137. The van der Waals surface area contributed by atoms with Crippen molar-refractivity contribution in [1.29, 1.82) is 5.26 Å². The van der Waals surface area contributed by atoms with Crippen LogP contribution >= 0.6 is 22.9 Å². The Balaban J connectivity index is 1.52. The number of halogens is 1. The number of carbonyl (C=O) groups is 1. The summed E-state index contributed by atoms with van der Waals surface area (Å²) in [5, 5.41) is 39.9. The fourth-order valence-corrected chi connectivity index (χ4v) is 6.67. The largest absolute Gasteiger partial charge is 0.463 e. The van der Waals surface area contributed by atoms with Crippen LogP contribution in [0, 0.1) is 29.1 Å². The highest BCUT2D eigenvalue weighted by Crippen LogP contribution is 2.50. The van der Waals surface area contributed by atoms with Crippen molar-refractivity contribution in [3.63, 3.8) is 0 Å². The van der Waals surface area contributed by atoms with Gasteiger partial charge in [0.1, 0.15) is 6.61 Å². The van der Waals surface area contributed by atoms with Gasteiger partial charge < -0.3 is 20.1 Å². The first-order valence-corrected chi connectivity index (χ1v) is 13.7. The fraction of sp³-hybridized carbons (Fsp3) is 0.630. The first-order valence-electron chi connectivity index (χ1n) is 12.5.